The predicted octanol–water partition coefficient (Wildman–Crippen LogP) is 2.16. The molecule has 3 nitrogen and oxygen atoms in total. The number of rotatable bonds is 4. The molecule has 1 aromatic rings. The molecule has 0 aliphatic heterocycles. The quantitative estimate of drug-likeness (QED) is 0.384. The van der Waals surface area contributed by atoms with Crippen LogP contribution < -0.4 is 10.6 Å². The number of hydrogen-bond acceptors (Lipinski definition) is 1. The topological polar surface area (TPSA) is 36.4 Å². The van der Waals surface area contributed by atoms with E-state index in [-0.39, 0.29) is 24.0 Å². The monoisotopic (exact) mass is 331 g/mol. The highest BCUT2D eigenvalue weighted by molar-refractivity contribution is 14.0. The van der Waals surface area contributed by atoms with Crippen LogP contribution in [-0.2, 0) is 6.54 Å². The Bertz CT molecular complexity index is 322. The van der Waals surface area contributed by atoms with Gasteiger partial charge in [0.2, 0.25) is 0 Å². The second kappa shape index (κ2) is 9.21. The summed E-state index contributed by atoms with van der Waals surface area (Å²) in [6, 6.07) is 10.2. The number of nitrogens with zero attached hydrogens (tertiary/aromatic N) is 1. The lowest BCUT2D eigenvalue weighted by Crippen LogP contribution is -2.36. The molecule has 88 valence electrons. The SMILES string of the molecule is C=CCNC(=NC)NCc1ccccc1.I. The Morgan fingerprint density at radius 2 is 2.00 bits per heavy atom. The maximum Gasteiger partial charge on any atom is 0.191 e. The molecule has 16 heavy (non-hydrogen) atoms. The van der Waals surface area contributed by atoms with Crippen LogP contribution in [0.1, 0.15) is 5.56 Å². The molecule has 1 rings (SSSR count). The zero-order chi connectivity index (χ0) is 10.9. The van der Waals surface area contributed by atoms with Crippen LogP contribution >= 0.6 is 24.0 Å². The zero-order valence-corrected chi connectivity index (χ0v) is 11.8. The van der Waals surface area contributed by atoms with Gasteiger partial charge in [0, 0.05) is 20.1 Å². The maximum atomic E-state index is 4.09. The van der Waals surface area contributed by atoms with E-state index < -0.39 is 0 Å². The van der Waals surface area contributed by atoms with Gasteiger partial charge >= 0.3 is 0 Å². The Labute approximate surface area is 114 Å². The molecule has 0 aliphatic carbocycles. The Balaban J connectivity index is 0.00000225. The molecule has 0 unspecified atom stereocenters. The molecular weight excluding hydrogens is 313 g/mol. The summed E-state index contributed by atoms with van der Waals surface area (Å²) in [7, 11) is 1.75. The molecule has 0 heterocycles. The first-order valence-corrected chi connectivity index (χ1v) is 4.96. The van der Waals surface area contributed by atoms with Crippen LogP contribution in [0.25, 0.3) is 0 Å². The highest BCUT2D eigenvalue weighted by Crippen LogP contribution is 1.96. The van der Waals surface area contributed by atoms with E-state index in [0.717, 1.165) is 12.5 Å². The van der Waals surface area contributed by atoms with Gasteiger partial charge in [-0.3, -0.25) is 4.99 Å². The minimum absolute atomic E-state index is 0. The Hall–Kier alpha value is -1.04. The highest BCUT2D eigenvalue weighted by Gasteiger charge is 1.95. The maximum absolute atomic E-state index is 4.09. The van der Waals surface area contributed by atoms with E-state index in [4.69, 9.17) is 0 Å². The third-order valence-corrected chi connectivity index (χ3v) is 1.94. The Morgan fingerprint density at radius 3 is 2.56 bits per heavy atom. The fourth-order valence-corrected chi connectivity index (χ4v) is 1.17. The summed E-state index contributed by atoms with van der Waals surface area (Å²) >= 11 is 0. The van der Waals surface area contributed by atoms with Crippen LogP contribution in [0.2, 0.25) is 0 Å². The molecule has 0 aliphatic rings. The number of halogens is 1. The first kappa shape index (κ1) is 15.0. The average molecular weight is 331 g/mol. The summed E-state index contributed by atoms with van der Waals surface area (Å²) in [6.07, 6.45) is 1.80. The van der Waals surface area contributed by atoms with E-state index in [1.54, 1.807) is 13.1 Å². The lowest BCUT2D eigenvalue weighted by atomic mass is 10.2. The van der Waals surface area contributed by atoms with E-state index in [2.05, 4.69) is 34.3 Å². The van der Waals surface area contributed by atoms with Crippen molar-refractivity contribution in [2.75, 3.05) is 13.6 Å². The fraction of sp³-hybridized carbons (Fsp3) is 0.250. The first-order chi connectivity index (χ1) is 7.36. The second-order valence-electron chi connectivity index (χ2n) is 3.08. The molecule has 0 aromatic heterocycles. The first-order valence-electron chi connectivity index (χ1n) is 4.96. The van der Waals surface area contributed by atoms with Gasteiger partial charge in [0.25, 0.3) is 0 Å². The standard InChI is InChI=1S/C12H17N3.HI/c1-3-9-14-12(13-2)15-10-11-7-5-4-6-8-11;/h3-8H,1,9-10H2,2H3,(H2,13,14,15);1H. The van der Waals surface area contributed by atoms with Gasteiger partial charge in [0.05, 0.1) is 0 Å². The van der Waals surface area contributed by atoms with Gasteiger partial charge in [-0.1, -0.05) is 36.4 Å². The van der Waals surface area contributed by atoms with Crippen LogP contribution in [-0.4, -0.2) is 19.6 Å². The lowest BCUT2D eigenvalue weighted by Gasteiger charge is -2.10. The third-order valence-electron chi connectivity index (χ3n) is 1.94. The second-order valence-corrected chi connectivity index (χ2v) is 3.08. The van der Waals surface area contributed by atoms with Gasteiger partial charge in [0.15, 0.2) is 5.96 Å². The van der Waals surface area contributed by atoms with Crippen molar-refractivity contribution in [2.24, 2.45) is 4.99 Å². The molecule has 1 aromatic carbocycles. The smallest absolute Gasteiger partial charge is 0.191 e. The number of hydrogen-bond donors (Lipinski definition) is 2. The van der Waals surface area contributed by atoms with Crippen molar-refractivity contribution in [1.82, 2.24) is 10.6 Å². The number of nitrogens with one attached hydrogen (secondary N) is 2. The van der Waals surface area contributed by atoms with Gasteiger partial charge in [-0.05, 0) is 5.56 Å². The van der Waals surface area contributed by atoms with Crippen molar-refractivity contribution in [3.63, 3.8) is 0 Å². The summed E-state index contributed by atoms with van der Waals surface area (Å²) in [5.41, 5.74) is 1.24. The van der Waals surface area contributed by atoms with Crippen LogP contribution in [0.3, 0.4) is 0 Å². The predicted molar refractivity (Wildman–Crippen MR) is 80.3 cm³/mol. The average Bonchev–Trinajstić information content (AvgIpc) is 2.31. The molecule has 0 atom stereocenters. The van der Waals surface area contributed by atoms with Crippen molar-refractivity contribution >= 4 is 29.9 Å². The number of aliphatic imine (C=N–C) groups is 1. The van der Waals surface area contributed by atoms with Crippen LogP contribution in [0.15, 0.2) is 48.0 Å². The van der Waals surface area contributed by atoms with Gasteiger partial charge in [-0.2, -0.15) is 0 Å². The summed E-state index contributed by atoms with van der Waals surface area (Å²) in [5.74, 6) is 0.791. The summed E-state index contributed by atoms with van der Waals surface area (Å²) in [5, 5.41) is 6.32. The molecule has 2 N–H and O–H groups in total. The van der Waals surface area contributed by atoms with E-state index in [0.29, 0.717) is 6.54 Å². The highest BCUT2D eigenvalue weighted by atomic mass is 127. The van der Waals surface area contributed by atoms with Crippen molar-refractivity contribution in [3.8, 4) is 0 Å². The molecule has 0 fully saturated rings. The van der Waals surface area contributed by atoms with Crippen molar-refractivity contribution in [3.05, 3.63) is 48.6 Å². The molecule has 0 amide bonds. The summed E-state index contributed by atoms with van der Waals surface area (Å²) < 4.78 is 0. The number of guanidine groups is 1. The molecule has 0 saturated heterocycles. The molecule has 0 bridgehead atoms. The van der Waals surface area contributed by atoms with Crippen molar-refractivity contribution < 1.29 is 0 Å². The van der Waals surface area contributed by atoms with E-state index >= 15 is 0 Å². The molecule has 0 saturated carbocycles. The van der Waals surface area contributed by atoms with Crippen molar-refractivity contribution in [2.45, 2.75) is 6.54 Å². The Kier molecular flexibility index (Phi) is 8.61. The molecule has 0 spiro atoms. The number of benzene rings is 1. The van der Waals surface area contributed by atoms with Crippen LogP contribution in [0.4, 0.5) is 0 Å². The van der Waals surface area contributed by atoms with Gasteiger partial charge < -0.3 is 10.6 Å². The minimum atomic E-state index is 0. The van der Waals surface area contributed by atoms with Gasteiger partial charge in [0.1, 0.15) is 0 Å². The molecule has 0 radical (unpaired) electrons. The largest absolute Gasteiger partial charge is 0.353 e. The summed E-state index contributed by atoms with van der Waals surface area (Å²) in [6.45, 7) is 5.13. The van der Waals surface area contributed by atoms with E-state index in [1.807, 2.05) is 18.2 Å². The normalized spacial score (nSPS) is 10.2. The van der Waals surface area contributed by atoms with Crippen LogP contribution in [0, 0.1) is 0 Å². The fourth-order valence-electron chi connectivity index (χ4n) is 1.17. The van der Waals surface area contributed by atoms with E-state index in [1.165, 1.54) is 5.56 Å². The Morgan fingerprint density at radius 1 is 1.31 bits per heavy atom. The zero-order valence-electron chi connectivity index (χ0n) is 9.44. The molecular formula is C12H18IN3. The minimum Gasteiger partial charge on any atom is -0.353 e. The van der Waals surface area contributed by atoms with Crippen molar-refractivity contribution in [1.29, 1.82) is 0 Å². The van der Waals surface area contributed by atoms with E-state index in [9.17, 15) is 0 Å². The van der Waals surface area contributed by atoms with Crippen LogP contribution in [0.5, 0.6) is 0 Å². The lowest BCUT2D eigenvalue weighted by molar-refractivity contribution is 0.847. The van der Waals surface area contributed by atoms with Gasteiger partial charge in [-0.25, -0.2) is 0 Å². The molecule has 4 heteroatoms. The van der Waals surface area contributed by atoms with Gasteiger partial charge in [-0.15, -0.1) is 30.6 Å². The summed E-state index contributed by atoms with van der Waals surface area (Å²) in [4.78, 5) is 4.09. The third kappa shape index (κ3) is 5.75.